The Kier molecular flexibility index (Phi) is 5.15. The molecule has 0 aromatic heterocycles. The molecule has 0 spiro atoms. The summed E-state index contributed by atoms with van der Waals surface area (Å²) in [6, 6.07) is 12.9. The van der Waals surface area contributed by atoms with Crippen molar-refractivity contribution in [2.45, 2.75) is 18.4 Å². The molecule has 4 nitrogen and oxygen atoms in total. The standard InChI is InChI=1S/C16H18FNO3S/c1-3-18(12-13-7-5-4-6-8-13)22(19,20)14-9-10-16(21-2)15(17)11-14/h4-11H,3,12H2,1-2H3. The van der Waals surface area contributed by atoms with Gasteiger partial charge in [-0.15, -0.1) is 0 Å². The summed E-state index contributed by atoms with van der Waals surface area (Å²) in [5.41, 5.74) is 0.877. The summed E-state index contributed by atoms with van der Waals surface area (Å²) in [6.45, 7) is 2.29. The molecular formula is C16H18FNO3S. The average Bonchev–Trinajstić information content (AvgIpc) is 2.53. The number of rotatable bonds is 6. The van der Waals surface area contributed by atoms with Gasteiger partial charge in [0.25, 0.3) is 0 Å². The smallest absolute Gasteiger partial charge is 0.243 e. The maximum Gasteiger partial charge on any atom is 0.243 e. The van der Waals surface area contributed by atoms with E-state index in [0.29, 0.717) is 6.54 Å². The molecule has 22 heavy (non-hydrogen) atoms. The Bertz CT molecular complexity index is 732. The summed E-state index contributed by atoms with van der Waals surface area (Å²) in [6.07, 6.45) is 0. The Labute approximate surface area is 130 Å². The molecule has 2 rings (SSSR count). The van der Waals surface area contributed by atoms with Crippen molar-refractivity contribution in [2.24, 2.45) is 0 Å². The van der Waals surface area contributed by atoms with Crippen LogP contribution in [0.4, 0.5) is 4.39 Å². The summed E-state index contributed by atoms with van der Waals surface area (Å²) >= 11 is 0. The van der Waals surface area contributed by atoms with Crippen LogP contribution in [0.25, 0.3) is 0 Å². The number of ether oxygens (including phenoxy) is 1. The minimum Gasteiger partial charge on any atom is -0.494 e. The van der Waals surface area contributed by atoms with Gasteiger partial charge < -0.3 is 4.74 Å². The molecule has 0 radical (unpaired) electrons. The van der Waals surface area contributed by atoms with Crippen LogP contribution in [0.3, 0.4) is 0 Å². The summed E-state index contributed by atoms with van der Waals surface area (Å²) in [7, 11) is -2.43. The Morgan fingerprint density at radius 2 is 1.82 bits per heavy atom. The number of benzene rings is 2. The minimum atomic E-state index is -3.76. The quantitative estimate of drug-likeness (QED) is 0.821. The van der Waals surface area contributed by atoms with Crippen LogP contribution in [0, 0.1) is 5.82 Å². The third-order valence-corrected chi connectivity index (χ3v) is 5.23. The second-order valence-electron chi connectivity index (χ2n) is 4.71. The lowest BCUT2D eigenvalue weighted by Crippen LogP contribution is -2.30. The first-order valence-electron chi connectivity index (χ1n) is 6.86. The van der Waals surface area contributed by atoms with Crippen molar-refractivity contribution in [2.75, 3.05) is 13.7 Å². The molecule has 0 aliphatic carbocycles. The molecule has 0 saturated heterocycles. The first kappa shape index (κ1) is 16.5. The zero-order valence-corrected chi connectivity index (χ0v) is 13.3. The average molecular weight is 323 g/mol. The van der Waals surface area contributed by atoms with Gasteiger partial charge in [0.05, 0.1) is 12.0 Å². The number of sulfonamides is 1. The van der Waals surface area contributed by atoms with Crippen molar-refractivity contribution in [1.29, 1.82) is 0 Å². The number of hydrogen-bond acceptors (Lipinski definition) is 3. The Hall–Kier alpha value is -1.92. The second kappa shape index (κ2) is 6.89. The van der Waals surface area contributed by atoms with E-state index in [4.69, 9.17) is 4.74 Å². The number of methoxy groups -OCH3 is 1. The van der Waals surface area contributed by atoms with Gasteiger partial charge in [-0.25, -0.2) is 12.8 Å². The molecule has 0 atom stereocenters. The number of hydrogen-bond donors (Lipinski definition) is 0. The molecule has 2 aromatic rings. The van der Waals surface area contributed by atoms with E-state index in [1.54, 1.807) is 6.92 Å². The van der Waals surface area contributed by atoms with E-state index >= 15 is 0 Å². The Morgan fingerprint density at radius 3 is 2.36 bits per heavy atom. The highest BCUT2D eigenvalue weighted by Gasteiger charge is 2.24. The minimum absolute atomic E-state index is 0.0186. The highest BCUT2D eigenvalue weighted by atomic mass is 32.2. The number of nitrogens with zero attached hydrogens (tertiary/aromatic N) is 1. The van der Waals surface area contributed by atoms with E-state index < -0.39 is 15.8 Å². The van der Waals surface area contributed by atoms with Crippen LogP contribution in [-0.4, -0.2) is 26.4 Å². The van der Waals surface area contributed by atoms with Crippen molar-refractivity contribution < 1.29 is 17.5 Å². The highest BCUT2D eigenvalue weighted by Crippen LogP contribution is 2.24. The fourth-order valence-corrected chi connectivity index (χ4v) is 3.56. The third kappa shape index (κ3) is 3.45. The highest BCUT2D eigenvalue weighted by molar-refractivity contribution is 7.89. The lowest BCUT2D eigenvalue weighted by molar-refractivity contribution is 0.384. The van der Waals surface area contributed by atoms with E-state index in [1.165, 1.54) is 23.5 Å². The molecule has 0 amide bonds. The van der Waals surface area contributed by atoms with Crippen LogP contribution in [0.2, 0.25) is 0 Å². The number of halogens is 1. The first-order valence-corrected chi connectivity index (χ1v) is 8.30. The van der Waals surface area contributed by atoms with Crippen molar-refractivity contribution >= 4 is 10.0 Å². The van der Waals surface area contributed by atoms with Crippen LogP contribution < -0.4 is 4.74 Å². The summed E-state index contributed by atoms with van der Waals surface area (Å²) in [4.78, 5) is -0.0800. The molecule has 0 heterocycles. The predicted octanol–water partition coefficient (Wildman–Crippen LogP) is 3.05. The van der Waals surface area contributed by atoms with E-state index in [1.807, 2.05) is 30.3 Å². The van der Waals surface area contributed by atoms with E-state index in [-0.39, 0.29) is 17.2 Å². The van der Waals surface area contributed by atoms with E-state index in [2.05, 4.69) is 0 Å². The Morgan fingerprint density at radius 1 is 1.14 bits per heavy atom. The molecule has 118 valence electrons. The lowest BCUT2D eigenvalue weighted by atomic mass is 10.2. The maximum atomic E-state index is 13.8. The van der Waals surface area contributed by atoms with Crippen LogP contribution in [0.5, 0.6) is 5.75 Å². The topological polar surface area (TPSA) is 46.6 Å². The van der Waals surface area contributed by atoms with Gasteiger partial charge >= 0.3 is 0 Å². The van der Waals surface area contributed by atoms with Crippen molar-refractivity contribution in [1.82, 2.24) is 4.31 Å². The van der Waals surface area contributed by atoms with Crippen LogP contribution in [0.15, 0.2) is 53.4 Å². The van der Waals surface area contributed by atoms with Crippen molar-refractivity contribution in [3.63, 3.8) is 0 Å². The molecule has 0 aliphatic rings. The van der Waals surface area contributed by atoms with Gasteiger partial charge in [-0.3, -0.25) is 0 Å². The predicted molar refractivity (Wildman–Crippen MR) is 82.7 cm³/mol. The normalized spacial score (nSPS) is 11.6. The van der Waals surface area contributed by atoms with Gasteiger partial charge in [0, 0.05) is 13.1 Å². The van der Waals surface area contributed by atoms with Crippen molar-refractivity contribution in [3.8, 4) is 5.75 Å². The molecule has 0 aliphatic heterocycles. The molecule has 0 unspecified atom stereocenters. The summed E-state index contributed by atoms with van der Waals surface area (Å²) in [5.74, 6) is -0.676. The third-order valence-electron chi connectivity index (χ3n) is 3.32. The van der Waals surface area contributed by atoms with Crippen LogP contribution >= 0.6 is 0 Å². The SMILES string of the molecule is CCN(Cc1ccccc1)S(=O)(=O)c1ccc(OC)c(F)c1. The zero-order chi connectivity index (χ0) is 16.2. The lowest BCUT2D eigenvalue weighted by Gasteiger charge is -2.21. The van der Waals surface area contributed by atoms with Gasteiger partial charge in [0.2, 0.25) is 10.0 Å². The summed E-state index contributed by atoms with van der Waals surface area (Å²) in [5, 5.41) is 0. The molecule has 6 heteroatoms. The van der Waals surface area contributed by atoms with E-state index in [9.17, 15) is 12.8 Å². The fraction of sp³-hybridized carbons (Fsp3) is 0.250. The van der Waals surface area contributed by atoms with Gasteiger partial charge in [-0.05, 0) is 23.8 Å². The molecular weight excluding hydrogens is 305 g/mol. The van der Waals surface area contributed by atoms with Gasteiger partial charge in [0.1, 0.15) is 0 Å². The van der Waals surface area contributed by atoms with Gasteiger partial charge in [-0.1, -0.05) is 37.3 Å². The largest absolute Gasteiger partial charge is 0.494 e. The van der Waals surface area contributed by atoms with Crippen molar-refractivity contribution in [3.05, 3.63) is 59.9 Å². The fourth-order valence-electron chi connectivity index (χ4n) is 2.11. The monoisotopic (exact) mass is 323 g/mol. The second-order valence-corrected chi connectivity index (χ2v) is 6.65. The molecule has 2 aromatic carbocycles. The molecule has 0 bridgehead atoms. The zero-order valence-electron chi connectivity index (χ0n) is 12.5. The Balaban J connectivity index is 2.32. The van der Waals surface area contributed by atoms with Gasteiger partial charge in [-0.2, -0.15) is 4.31 Å². The van der Waals surface area contributed by atoms with Crippen LogP contribution in [-0.2, 0) is 16.6 Å². The maximum absolute atomic E-state index is 13.8. The van der Waals surface area contributed by atoms with E-state index in [0.717, 1.165) is 11.6 Å². The first-order chi connectivity index (χ1) is 10.5. The van der Waals surface area contributed by atoms with Crippen LogP contribution in [0.1, 0.15) is 12.5 Å². The van der Waals surface area contributed by atoms with Gasteiger partial charge in [0.15, 0.2) is 11.6 Å². The molecule has 0 fully saturated rings. The molecule has 0 saturated carbocycles. The summed E-state index contributed by atoms with van der Waals surface area (Å²) < 4.78 is 45.2. The molecule has 0 N–H and O–H groups in total.